The second kappa shape index (κ2) is 5.90. The Bertz CT molecular complexity index is 341. The Kier molecular flexibility index (Phi) is 5.60. The van der Waals surface area contributed by atoms with Crippen molar-refractivity contribution in [2.45, 2.75) is 0 Å². The van der Waals surface area contributed by atoms with Gasteiger partial charge in [-0.1, -0.05) is 0 Å². The van der Waals surface area contributed by atoms with Gasteiger partial charge in [0.2, 0.25) is 0 Å². The molecule has 0 heterocycles. The first-order valence-corrected chi connectivity index (χ1v) is 6.41. The van der Waals surface area contributed by atoms with Crippen molar-refractivity contribution in [1.82, 2.24) is 0 Å². The number of hydrogen-bond acceptors (Lipinski definition) is 4. The van der Waals surface area contributed by atoms with Crippen LogP contribution in [-0.2, 0) is 3.02 Å². The van der Waals surface area contributed by atoms with Gasteiger partial charge in [0.25, 0.3) is 0 Å². The summed E-state index contributed by atoms with van der Waals surface area (Å²) in [5.41, 5.74) is -0.0836. The molecule has 0 unspecified atom stereocenters. The molecule has 0 saturated carbocycles. The van der Waals surface area contributed by atoms with Gasteiger partial charge >= 0.3 is 81.2 Å². The van der Waals surface area contributed by atoms with Crippen LogP contribution in [0.25, 0.3) is 0 Å². The minimum atomic E-state index is -3.74. The van der Waals surface area contributed by atoms with E-state index in [0.29, 0.717) is 0 Å². The average molecular weight is 329 g/mol. The monoisotopic (exact) mass is 328 g/mol. The van der Waals surface area contributed by atoms with Gasteiger partial charge in [-0.05, 0) is 0 Å². The van der Waals surface area contributed by atoms with E-state index in [9.17, 15) is 13.1 Å². The molecule has 1 N–H and O–H groups in total. The van der Waals surface area contributed by atoms with Crippen LogP contribution < -0.4 is 3.02 Å². The number of non-ortho nitro benzene ring substituents is 1. The van der Waals surface area contributed by atoms with Gasteiger partial charge in [0.15, 0.2) is 0 Å². The van der Waals surface area contributed by atoms with Gasteiger partial charge < -0.3 is 0 Å². The van der Waals surface area contributed by atoms with E-state index in [-0.39, 0.29) is 23.8 Å². The van der Waals surface area contributed by atoms with Crippen molar-refractivity contribution < 1.29 is 14.3 Å². The zero-order chi connectivity index (χ0) is 9.84. The molecule has 0 aliphatic carbocycles. The second-order valence-corrected chi connectivity index (χ2v) is 3.96. The molecular formula is C6H6ClNO5Sb. The Morgan fingerprint density at radius 2 is 1.86 bits per heavy atom. The van der Waals surface area contributed by atoms with E-state index >= 15 is 0 Å². The van der Waals surface area contributed by atoms with Crippen LogP contribution in [0.5, 0.6) is 5.75 Å². The third-order valence-electron chi connectivity index (χ3n) is 1.23. The molecule has 0 aromatic heterocycles. The van der Waals surface area contributed by atoms with E-state index in [1.54, 1.807) is 0 Å². The SMILES string of the molecule is Cl.O=[N+]([O-])c1ccc([O][Sb](=[O])[OH])cc1. The summed E-state index contributed by atoms with van der Waals surface area (Å²) in [4.78, 5) is 9.64. The van der Waals surface area contributed by atoms with Crippen molar-refractivity contribution in [3.8, 4) is 5.75 Å². The molecule has 1 rings (SSSR count). The van der Waals surface area contributed by atoms with Crippen LogP contribution in [-0.4, -0.2) is 29.3 Å². The fourth-order valence-corrected chi connectivity index (χ4v) is 1.58. The summed E-state index contributed by atoms with van der Waals surface area (Å²) in [5.74, 6) is 0.172. The number of nitrogens with zero attached hydrogens (tertiary/aromatic N) is 1. The molecule has 0 aliphatic heterocycles. The molecular weight excluding hydrogens is 323 g/mol. The zero-order valence-corrected chi connectivity index (χ0v) is 10.1. The Balaban J connectivity index is 0.00000169. The first-order valence-electron chi connectivity index (χ1n) is 3.18. The van der Waals surface area contributed by atoms with E-state index in [2.05, 4.69) is 3.02 Å². The molecule has 0 bridgehead atoms. The topological polar surface area (TPSA) is 89.7 Å². The molecule has 0 atom stereocenters. The van der Waals surface area contributed by atoms with Gasteiger partial charge in [-0.3, -0.25) is 0 Å². The van der Waals surface area contributed by atoms with Crippen LogP contribution in [0.4, 0.5) is 5.69 Å². The average Bonchev–Trinajstić information content (AvgIpc) is 2.04. The number of hydrogen-bond donors (Lipinski definition) is 1. The minimum absolute atomic E-state index is 0. The molecule has 1 radical (unpaired) electrons. The van der Waals surface area contributed by atoms with Gasteiger partial charge in [0.05, 0.1) is 0 Å². The molecule has 1 aromatic rings. The van der Waals surface area contributed by atoms with Crippen LogP contribution in [0.2, 0.25) is 0 Å². The van der Waals surface area contributed by atoms with Gasteiger partial charge in [-0.25, -0.2) is 0 Å². The molecule has 1 aromatic carbocycles. The summed E-state index contributed by atoms with van der Waals surface area (Å²) in [6.45, 7) is 0. The van der Waals surface area contributed by atoms with E-state index in [1.165, 1.54) is 24.3 Å². The standard InChI is InChI=1S/C6H5NO3.ClH.H2O.O.Sb/c8-6-3-1-5(2-4-6)7(9)10;;;;/h1-4,8H;1H;1H2;;/q;;;;+2/p-2. The maximum absolute atomic E-state index is 10.3. The van der Waals surface area contributed by atoms with Crippen molar-refractivity contribution in [2.24, 2.45) is 0 Å². The summed E-state index contributed by atoms with van der Waals surface area (Å²) in [6.07, 6.45) is 0. The number of nitro benzene ring substituents is 1. The number of nitro groups is 1. The molecule has 0 spiro atoms. The summed E-state index contributed by atoms with van der Waals surface area (Å²) >= 11 is -3.74. The van der Waals surface area contributed by atoms with Crippen LogP contribution in [0, 0.1) is 10.1 Å². The number of halogens is 1. The molecule has 8 heteroatoms. The van der Waals surface area contributed by atoms with Crippen molar-refractivity contribution >= 4 is 39.1 Å². The molecule has 0 amide bonds. The summed E-state index contributed by atoms with van der Waals surface area (Å²) < 4.78 is 23.3. The number of benzene rings is 1. The molecule has 0 fully saturated rings. The van der Waals surface area contributed by atoms with Crippen LogP contribution in [0.15, 0.2) is 24.3 Å². The number of rotatable bonds is 3. The maximum atomic E-state index is 10.3. The van der Waals surface area contributed by atoms with E-state index in [0.717, 1.165) is 0 Å². The van der Waals surface area contributed by atoms with Gasteiger partial charge in [-0.15, -0.1) is 12.4 Å². The van der Waals surface area contributed by atoms with Crippen molar-refractivity contribution in [2.75, 3.05) is 0 Å². The molecule has 0 aliphatic rings. The molecule has 77 valence electrons. The third-order valence-corrected chi connectivity index (χ3v) is 2.28. The normalized spacial score (nSPS) is 8.64. The zero-order valence-electron chi connectivity index (χ0n) is 6.69. The quantitative estimate of drug-likeness (QED) is 0.503. The van der Waals surface area contributed by atoms with E-state index in [1.807, 2.05) is 0 Å². The predicted octanol–water partition coefficient (Wildman–Crippen LogP) is 0.803. The van der Waals surface area contributed by atoms with Gasteiger partial charge in [0, 0.05) is 0 Å². The summed E-state index contributed by atoms with van der Waals surface area (Å²) in [5, 5.41) is 10.2. The fraction of sp³-hybridized carbons (Fsp3) is 0. The summed E-state index contributed by atoms with van der Waals surface area (Å²) in [6, 6.07) is 4.98. The Hall–Kier alpha value is -0.712. The Labute approximate surface area is 93.5 Å². The van der Waals surface area contributed by atoms with E-state index in [4.69, 9.17) is 3.39 Å². The van der Waals surface area contributed by atoms with Crippen LogP contribution in [0.1, 0.15) is 0 Å². The van der Waals surface area contributed by atoms with E-state index < -0.39 is 26.0 Å². The molecule has 0 saturated heterocycles. The van der Waals surface area contributed by atoms with Gasteiger partial charge in [-0.2, -0.15) is 0 Å². The molecule has 6 nitrogen and oxygen atoms in total. The van der Waals surface area contributed by atoms with Crippen molar-refractivity contribution in [3.05, 3.63) is 34.4 Å². The predicted molar refractivity (Wildman–Crippen MR) is 49.6 cm³/mol. The summed E-state index contributed by atoms with van der Waals surface area (Å²) in [7, 11) is 0. The van der Waals surface area contributed by atoms with Crippen molar-refractivity contribution in [3.63, 3.8) is 0 Å². The second-order valence-electron chi connectivity index (χ2n) is 2.08. The third kappa shape index (κ3) is 4.00. The Morgan fingerprint density at radius 3 is 2.21 bits per heavy atom. The van der Waals surface area contributed by atoms with Gasteiger partial charge in [0.1, 0.15) is 0 Å². The van der Waals surface area contributed by atoms with Crippen LogP contribution in [0.3, 0.4) is 0 Å². The molecule has 14 heavy (non-hydrogen) atoms. The first-order chi connectivity index (χ1) is 6.09. The van der Waals surface area contributed by atoms with Crippen molar-refractivity contribution in [1.29, 1.82) is 0 Å². The first kappa shape index (κ1) is 13.3. The Morgan fingerprint density at radius 1 is 1.36 bits per heavy atom. The fourth-order valence-electron chi connectivity index (χ4n) is 0.719. The van der Waals surface area contributed by atoms with Crippen LogP contribution >= 0.6 is 12.4 Å².